The first-order chi connectivity index (χ1) is 8.20. The predicted octanol–water partition coefficient (Wildman–Crippen LogP) is 3.07. The molecule has 0 bridgehead atoms. The normalized spacial score (nSPS) is 10.4. The summed E-state index contributed by atoms with van der Waals surface area (Å²) in [5.41, 5.74) is 0. The van der Waals surface area contributed by atoms with Gasteiger partial charge in [-0.05, 0) is 31.2 Å². The SMILES string of the molecule is CCN(Cc1ccco1)c1ccc(C(=O)O)s1. The maximum Gasteiger partial charge on any atom is 0.345 e. The van der Waals surface area contributed by atoms with Crippen LogP contribution in [0.15, 0.2) is 34.9 Å². The Hall–Kier alpha value is -1.75. The van der Waals surface area contributed by atoms with E-state index >= 15 is 0 Å². The summed E-state index contributed by atoms with van der Waals surface area (Å²) in [6.45, 7) is 3.49. The highest BCUT2D eigenvalue weighted by Gasteiger charge is 2.12. The van der Waals surface area contributed by atoms with Crippen molar-refractivity contribution in [3.63, 3.8) is 0 Å². The smallest absolute Gasteiger partial charge is 0.345 e. The van der Waals surface area contributed by atoms with Crippen molar-refractivity contribution >= 4 is 22.3 Å². The van der Waals surface area contributed by atoms with Crippen LogP contribution in [-0.2, 0) is 6.54 Å². The first-order valence-electron chi connectivity index (χ1n) is 5.31. The molecule has 0 saturated heterocycles. The Morgan fingerprint density at radius 3 is 2.82 bits per heavy atom. The van der Waals surface area contributed by atoms with Gasteiger partial charge in [-0.25, -0.2) is 4.79 Å². The summed E-state index contributed by atoms with van der Waals surface area (Å²) in [5.74, 6) is -0.00701. The molecule has 2 aromatic heterocycles. The van der Waals surface area contributed by atoms with E-state index < -0.39 is 5.97 Å². The highest BCUT2D eigenvalue weighted by atomic mass is 32.1. The van der Waals surface area contributed by atoms with Gasteiger partial charge < -0.3 is 14.4 Å². The molecular formula is C12H13NO3S. The van der Waals surface area contributed by atoms with E-state index in [9.17, 15) is 4.79 Å². The molecule has 0 unspecified atom stereocenters. The lowest BCUT2D eigenvalue weighted by Gasteiger charge is -2.19. The number of hydrogen-bond acceptors (Lipinski definition) is 4. The van der Waals surface area contributed by atoms with Crippen LogP contribution in [-0.4, -0.2) is 17.6 Å². The Kier molecular flexibility index (Phi) is 3.49. The van der Waals surface area contributed by atoms with Gasteiger partial charge in [-0.15, -0.1) is 11.3 Å². The summed E-state index contributed by atoms with van der Waals surface area (Å²) >= 11 is 1.28. The summed E-state index contributed by atoms with van der Waals surface area (Å²) in [4.78, 5) is 13.3. The maximum atomic E-state index is 10.8. The Labute approximate surface area is 103 Å². The van der Waals surface area contributed by atoms with Gasteiger partial charge in [0.2, 0.25) is 0 Å². The molecule has 2 heterocycles. The van der Waals surface area contributed by atoms with Gasteiger partial charge >= 0.3 is 5.97 Å². The number of rotatable bonds is 5. The van der Waals surface area contributed by atoms with Crippen LogP contribution in [0, 0.1) is 0 Å². The van der Waals surface area contributed by atoms with E-state index in [2.05, 4.69) is 4.90 Å². The zero-order valence-corrected chi connectivity index (χ0v) is 10.2. The van der Waals surface area contributed by atoms with Crippen molar-refractivity contribution in [2.45, 2.75) is 13.5 Å². The topological polar surface area (TPSA) is 53.7 Å². The lowest BCUT2D eigenvalue weighted by Crippen LogP contribution is -2.20. The van der Waals surface area contributed by atoms with Crippen molar-refractivity contribution in [3.8, 4) is 0 Å². The quantitative estimate of drug-likeness (QED) is 0.887. The van der Waals surface area contributed by atoms with Crippen molar-refractivity contribution in [3.05, 3.63) is 41.2 Å². The fourth-order valence-corrected chi connectivity index (χ4v) is 2.46. The molecule has 2 aromatic rings. The second kappa shape index (κ2) is 5.05. The lowest BCUT2D eigenvalue weighted by atomic mass is 10.4. The van der Waals surface area contributed by atoms with Gasteiger partial charge in [-0.1, -0.05) is 0 Å². The van der Waals surface area contributed by atoms with Crippen LogP contribution in [0.2, 0.25) is 0 Å². The van der Waals surface area contributed by atoms with Crippen LogP contribution in [0.25, 0.3) is 0 Å². The number of nitrogens with zero attached hydrogens (tertiary/aromatic N) is 1. The van der Waals surface area contributed by atoms with Gasteiger partial charge in [0.1, 0.15) is 10.6 Å². The van der Waals surface area contributed by atoms with E-state index in [0.717, 1.165) is 17.3 Å². The highest BCUT2D eigenvalue weighted by molar-refractivity contribution is 7.17. The van der Waals surface area contributed by atoms with Crippen LogP contribution >= 0.6 is 11.3 Å². The molecule has 0 saturated carbocycles. The summed E-state index contributed by atoms with van der Waals surface area (Å²) in [6.07, 6.45) is 1.64. The summed E-state index contributed by atoms with van der Waals surface area (Å²) < 4.78 is 5.29. The molecule has 0 amide bonds. The predicted molar refractivity (Wildman–Crippen MR) is 66.7 cm³/mol. The summed E-state index contributed by atoms with van der Waals surface area (Å²) in [5, 5.41) is 9.83. The monoisotopic (exact) mass is 251 g/mol. The van der Waals surface area contributed by atoms with Gasteiger partial charge in [-0.2, -0.15) is 0 Å². The van der Waals surface area contributed by atoms with Gasteiger partial charge in [0.05, 0.1) is 17.8 Å². The maximum absolute atomic E-state index is 10.8. The highest BCUT2D eigenvalue weighted by Crippen LogP contribution is 2.27. The van der Waals surface area contributed by atoms with E-state index in [-0.39, 0.29) is 0 Å². The molecule has 0 aliphatic carbocycles. The molecule has 5 heteroatoms. The number of furan rings is 1. The third-order valence-corrected chi connectivity index (χ3v) is 3.56. The molecule has 1 N–H and O–H groups in total. The first kappa shape index (κ1) is 11.7. The Morgan fingerprint density at radius 2 is 2.29 bits per heavy atom. The van der Waals surface area contributed by atoms with Gasteiger partial charge in [0.25, 0.3) is 0 Å². The van der Waals surface area contributed by atoms with Crippen LogP contribution in [0.3, 0.4) is 0 Å². The van der Waals surface area contributed by atoms with E-state index in [0.29, 0.717) is 11.4 Å². The Balaban J connectivity index is 2.14. The average Bonchev–Trinajstić information content (AvgIpc) is 2.96. The number of thiophene rings is 1. The van der Waals surface area contributed by atoms with Crippen LogP contribution < -0.4 is 4.90 Å². The zero-order valence-electron chi connectivity index (χ0n) is 9.42. The lowest BCUT2D eigenvalue weighted by molar-refractivity contribution is 0.0702. The van der Waals surface area contributed by atoms with Crippen LogP contribution in [0.1, 0.15) is 22.4 Å². The fraction of sp³-hybridized carbons (Fsp3) is 0.250. The standard InChI is InChI=1S/C12H13NO3S/c1-2-13(8-9-4-3-7-16-9)11-6-5-10(17-11)12(14)15/h3-7H,2,8H2,1H3,(H,14,15). The molecule has 4 nitrogen and oxygen atoms in total. The van der Waals surface area contributed by atoms with Gasteiger partial charge in [0.15, 0.2) is 0 Å². The zero-order chi connectivity index (χ0) is 12.3. The van der Waals surface area contributed by atoms with Crippen molar-refractivity contribution in [2.24, 2.45) is 0 Å². The third-order valence-electron chi connectivity index (χ3n) is 2.42. The van der Waals surface area contributed by atoms with Crippen molar-refractivity contribution in [2.75, 3.05) is 11.4 Å². The minimum Gasteiger partial charge on any atom is -0.477 e. The van der Waals surface area contributed by atoms with Crippen molar-refractivity contribution < 1.29 is 14.3 Å². The Morgan fingerprint density at radius 1 is 1.47 bits per heavy atom. The number of anilines is 1. The minimum atomic E-state index is -0.879. The largest absolute Gasteiger partial charge is 0.477 e. The van der Waals surface area contributed by atoms with Crippen LogP contribution in [0.5, 0.6) is 0 Å². The Bertz CT molecular complexity index is 490. The molecule has 17 heavy (non-hydrogen) atoms. The molecular weight excluding hydrogens is 238 g/mol. The van der Waals surface area contributed by atoms with Crippen molar-refractivity contribution in [1.29, 1.82) is 0 Å². The molecule has 0 aromatic carbocycles. The van der Waals surface area contributed by atoms with Gasteiger partial charge in [0, 0.05) is 6.54 Å². The molecule has 90 valence electrons. The van der Waals surface area contributed by atoms with Crippen LogP contribution in [0.4, 0.5) is 5.00 Å². The molecule has 0 aliphatic heterocycles. The molecule has 2 rings (SSSR count). The average molecular weight is 251 g/mol. The molecule has 0 fully saturated rings. The fourth-order valence-electron chi connectivity index (χ4n) is 1.55. The number of aromatic carboxylic acids is 1. The number of carbonyl (C=O) groups is 1. The third kappa shape index (κ3) is 2.68. The molecule has 0 spiro atoms. The molecule has 0 atom stereocenters. The number of hydrogen-bond donors (Lipinski definition) is 1. The number of carboxylic acid groups (broad SMARTS) is 1. The van der Waals surface area contributed by atoms with E-state index in [1.54, 1.807) is 12.3 Å². The molecule has 0 radical (unpaired) electrons. The molecule has 0 aliphatic rings. The van der Waals surface area contributed by atoms with E-state index in [4.69, 9.17) is 9.52 Å². The van der Waals surface area contributed by atoms with Crippen molar-refractivity contribution in [1.82, 2.24) is 0 Å². The number of carboxylic acids is 1. The van der Waals surface area contributed by atoms with E-state index in [1.807, 2.05) is 25.1 Å². The minimum absolute atomic E-state index is 0.359. The second-order valence-electron chi connectivity index (χ2n) is 3.54. The van der Waals surface area contributed by atoms with Gasteiger partial charge in [-0.3, -0.25) is 0 Å². The first-order valence-corrected chi connectivity index (χ1v) is 6.13. The summed E-state index contributed by atoms with van der Waals surface area (Å²) in [7, 11) is 0. The summed E-state index contributed by atoms with van der Waals surface area (Å²) in [6, 6.07) is 7.22. The second-order valence-corrected chi connectivity index (χ2v) is 4.60. The van der Waals surface area contributed by atoms with E-state index in [1.165, 1.54) is 11.3 Å².